The maximum absolute atomic E-state index is 11.1. The molecular formula is C13H14O4. The van der Waals surface area contributed by atoms with Crippen molar-refractivity contribution in [2.24, 2.45) is 0 Å². The molecule has 4 heteroatoms. The molecule has 0 atom stereocenters. The molecule has 90 valence electrons. The summed E-state index contributed by atoms with van der Waals surface area (Å²) < 4.78 is 0. The minimum absolute atomic E-state index is 0.161. The predicted molar refractivity (Wildman–Crippen MR) is 61.8 cm³/mol. The second-order valence-electron chi connectivity index (χ2n) is 3.41. The average molecular weight is 234 g/mol. The van der Waals surface area contributed by atoms with Crippen molar-refractivity contribution in [1.29, 1.82) is 0 Å². The van der Waals surface area contributed by atoms with Crippen LogP contribution in [0, 0.1) is 0 Å². The maximum Gasteiger partial charge on any atom is 0.349 e. The summed E-state index contributed by atoms with van der Waals surface area (Å²) in [5.41, 5.74) is 0.887. The maximum atomic E-state index is 11.1. The van der Waals surface area contributed by atoms with E-state index in [1.165, 1.54) is 6.08 Å². The van der Waals surface area contributed by atoms with Gasteiger partial charge in [0.25, 0.3) is 0 Å². The first-order chi connectivity index (χ1) is 8.22. The third-order valence-corrected chi connectivity index (χ3v) is 1.93. The third kappa shape index (κ3) is 5.63. The summed E-state index contributed by atoms with van der Waals surface area (Å²) in [5.74, 6) is -0.930. The Morgan fingerprint density at radius 3 is 2.59 bits per heavy atom. The monoisotopic (exact) mass is 234 g/mol. The predicted octanol–water partition coefficient (Wildman–Crippen LogP) is 2.20. The van der Waals surface area contributed by atoms with Gasteiger partial charge >= 0.3 is 5.97 Å². The van der Waals surface area contributed by atoms with Gasteiger partial charge in [0.2, 0.25) is 0 Å². The molecule has 0 unspecified atom stereocenters. The number of ketones is 1. The van der Waals surface area contributed by atoms with E-state index in [2.05, 4.69) is 11.5 Å². The second kappa shape index (κ2) is 7.35. The quantitative estimate of drug-likeness (QED) is 0.314. The lowest BCUT2D eigenvalue weighted by Gasteiger charge is -2.02. The Balaban J connectivity index is 2.20. The van der Waals surface area contributed by atoms with Gasteiger partial charge in [-0.1, -0.05) is 36.4 Å². The van der Waals surface area contributed by atoms with Gasteiger partial charge < -0.3 is 0 Å². The van der Waals surface area contributed by atoms with Gasteiger partial charge in [-0.3, -0.25) is 9.68 Å². The molecule has 0 saturated carbocycles. The summed E-state index contributed by atoms with van der Waals surface area (Å²) in [6, 6.07) is 9.28. The van der Waals surface area contributed by atoms with Crippen molar-refractivity contribution < 1.29 is 19.4 Å². The standard InChI is InChI=1S/C13H14O4/c1-2-6-12(14)9-13(15)17-16-10-11-7-4-3-5-8-11/h2-5,7-8H,1,6,9-10H2. The molecule has 0 aliphatic carbocycles. The first kappa shape index (κ1) is 13.1. The number of carbonyl (C=O) groups is 2. The van der Waals surface area contributed by atoms with Crippen molar-refractivity contribution in [3.05, 3.63) is 48.6 Å². The summed E-state index contributed by atoms with van der Waals surface area (Å²) in [4.78, 5) is 31.4. The van der Waals surface area contributed by atoms with Crippen molar-refractivity contribution in [3.63, 3.8) is 0 Å². The highest BCUT2D eigenvalue weighted by Crippen LogP contribution is 2.02. The summed E-state index contributed by atoms with van der Waals surface area (Å²) in [6.45, 7) is 3.57. The van der Waals surface area contributed by atoms with Crippen LogP contribution in [0.2, 0.25) is 0 Å². The molecule has 0 aliphatic rings. The molecule has 1 aromatic carbocycles. The molecule has 1 rings (SSSR count). The topological polar surface area (TPSA) is 52.6 Å². The molecule has 17 heavy (non-hydrogen) atoms. The molecule has 0 aliphatic heterocycles. The average Bonchev–Trinajstić information content (AvgIpc) is 2.30. The first-order valence-electron chi connectivity index (χ1n) is 5.21. The first-order valence-corrected chi connectivity index (χ1v) is 5.21. The van der Waals surface area contributed by atoms with E-state index >= 15 is 0 Å². The molecule has 0 fully saturated rings. The van der Waals surface area contributed by atoms with Gasteiger partial charge in [-0.2, -0.15) is 4.89 Å². The molecule has 0 heterocycles. The number of hydrogen-bond acceptors (Lipinski definition) is 4. The van der Waals surface area contributed by atoms with Crippen molar-refractivity contribution in [1.82, 2.24) is 0 Å². The number of hydrogen-bond donors (Lipinski definition) is 0. The van der Waals surface area contributed by atoms with Crippen LogP contribution in [0.3, 0.4) is 0 Å². The second-order valence-corrected chi connectivity index (χ2v) is 3.41. The SMILES string of the molecule is C=CCC(=O)CC(=O)OOCc1ccccc1. The van der Waals surface area contributed by atoms with E-state index in [0.717, 1.165) is 5.56 Å². The summed E-state index contributed by atoms with van der Waals surface area (Å²) in [5, 5.41) is 0. The summed E-state index contributed by atoms with van der Waals surface area (Å²) in [7, 11) is 0. The van der Waals surface area contributed by atoms with Crippen LogP contribution in [0.15, 0.2) is 43.0 Å². The zero-order valence-electron chi connectivity index (χ0n) is 9.43. The zero-order chi connectivity index (χ0) is 12.5. The fraction of sp³-hybridized carbons (Fsp3) is 0.231. The number of carbonyl (C=O) groups excluding carboxylic acids is 2. The minimum Gasteiger partial charge on any atom is -0.299 e. The lowest BCUT2D eigenvalue weighted by Crippen LogP contribution is -2.11. The van der Waals surface area contributed by atoms with Crippen LogP contribution in [0.4, 0.5) is 0 Å². The van der Waals surface area contributed by atoms with E-state index < -0.39 is 5.97 Å². The zero-order valence-corrected chi connectivity index (χ0v) is 9.43. The molecule has 0 spiro atoms. The minimum atomic E-state index is -0.687. The van der Waals surface area contributed by atoms with E-state index in [1.807, 2.05) is 30.3 Å². The Morgan fingerprint density at radius 2 is 1.94 bits per heavy atom. The van der Waals surface area contributed by atoms with Crippen LogP contribution in [0.5, 0.6) is 0 Å². The molecule has 1 aromatic rings. The van der Waals surface area contributed by atoms with E-state index in [4.69, 9.17) is 4.89 Å². The Morgan fingerprint density at radius 1 is 1.24 bits per heavy atom. The van der Waals surface area contributed by atoms with Crippen LogP contribution >= 0.6 is 0 Å². The van der Waals surface area contributed by atoms with E-state index in [9.17, 15) is 9.59 Å². The molecule has 0 saturated heterocycles. The number of Topliss-reactive ketones (excluding diaryl/α,β-unsaturated/α-hetero) is 1. The van der Waals surface area contributed by atoms with Gasteiger partial charge in [0.05, 0.1) is 0 Å². The van der Waals surface area contributed by atoms with Gasteiger partial charge in [0.15, 0.2) is 0 Å². The lowest BCUT2D eigenvalue weighted by atomic mass is 10.2. The van der Waals surface area contributed by atoms with Crippen molar-refractivity contribution in [2.75, 3.05) is 0 Å². The van der Waals surface area contributed by atoms with Gasteiger partial charge in [-0.05, 0) is 5.56 Å². The van der Waals surface area contributed by atoms with Crippen LogP contribution in [-0.2, 0) is 26.0 Å². The molecule has 0 radical (unpaired) electrons. The smallest absolute Gasteiger partial charge is 0.299 e. The lowest BCUT2D eigenvalue weighted by molar-refractivity contribution is -0.279. The van der Waals surface area contributed by atoms with Crippen LogP contribution in [0.25, 0.3) is 0 Å². The molecule has 4 nitrogen and oxygen atoms in total. The third-order valence-electron chi connectivity index (χ3n) is 1.93. The largest absolute Gasteiger partial charge is 0.349 e. The molecule has 0 aromatic heterocycles. The molecule has 0 amide bonds. The summed E-state index contributed by atoms with van der Waals surface area (Å²) >= 11 is 0. The number of allylic oxidation sites excluding steroid dienone is 1. The Bertz CT molecular complexity index is 384. The van der Waals surface area contributed by atoms with Crippen LogP contribution in [0.1, 0.15) is 18.4 Å². The van der Waals surface area contributed by atoms with Crippen molar-refractivity contribution in [3.8, 4) is 0 Å². The number of rotatable bonds is 7. The van der Waals surface area contributed by atoms with Crippen LogP contribution < -0.4 is 0 Å². The summed E-state index contributed by atoms with van der Waals surface area (Å²) in [6.07, 6.45) is 1.31. The van der Waals surface area contributed by atoms with Gasteiger partial charge in [-0.15, -0.1) is 6.58 Å². The Hall–Kier alpha value is -1.94. The highest BCUT2D eigenvalue weighted by molar-refractivity contribution is 5.95. The van der Waals surface area contributed by atoms with Crippen molar-refractivity contribution in [2.45, 2.75) is 19.4 Å². The van der Waals surface area contributed by atoms with Gasteiger partial charge in [0, 0.05) is 6.42 Å². The van der Waals surface area contributed by atoms with Crippen LogP contribution in [-0.4, -0.2) is 11.8 Å². The van der Waals surface area contributed by atoms with E-state index in [-0.39, 0.29) is 25.2 Å². The fourth-order valence-corrected chi connectivity index (χ4v) is 1.16. The highest BCUT2D eigenvalue weighted by atomic mass is 17.2. The normalized spacial score (nSPS) is 9.65. The molecule has 0 N–H and O–H groups in total. The van der Waals surface area contributed by atoms with E-state index in [0.29, 0.717) is 0 Å². The van der Waals surface area contributed by atoms with Gasteiger partial charge in [0.1, 0.15) is 18.8 Å². The van der Waals surface area contributed by atoms with E-state index in [1.54, 1.807) is 0 Å². The highest BCUT2D eigenvalue weighted by Gasteiger charge is 2.10. The fourth-order valence-electron chi connectivity index (χ4n) is 1.16. The Labute approximate surface area is 99.8 Å². The van der Waals surface area contributed by atoms with Crippen molar-refractivity contribution >= 4 is 11.8 Å². The molecule has 0 bridgehead atoms. The van der Waals surface area contributed by atoms with Gasteiger partial charge in [-0.25, -0.2) is 4.79 Å². The number of benzene rings is 1. The Kier molecular flexibility index (Phi) is 5.68. The molecular weight excluding hydrogens is 220 g/mol.